The van der Waals surface area contributed by atoms with Crippen LogP contribution in [0.25, 0.3) is 11.0 Å². The summed E-state index contributed by atoms with van der Waals surface area (Å²) in [7, 11) is 1.57. The van der Waals surface area contributed by atoms with Crippen LogP contribution in [0.4, 0.5) is 4.39 Å². The van der Waals surface area contributed by atoms with E-state index in [0.717, 1.165) is 6.07 Å². The summed E-state index contributed by atoms with van der Waals surface area (Å²) < 4.78 is 20.4. The Morgan fingerprint density at radius 3 is 2.79 bits per heavy atom. The SMILES string of the molecule is COC(C)(C)Cn1nnc2cc(C(=O)O)c(F)cc21. The van der Waals surface area contributed by atoms with E-state index in [4.69, 9.17) is 9.84 Å². The molecule has 102 valence electrons. The first kappa shape index (κ1) is 13.4. The highest BCUT2D eigenvalue weighted by molar-refractivity contribution is 5.92. The fourth-order valence-corrected chi connectivity index (χ4v) is 1.69. The van der Waals surface area contributed by atoms with E-state index in [-0.39, 0.29) is 0 Å². The number of carboxylic acids is 1. The van der Waals surface area contributed by atoms with Crippen LogP contribution < -0.4 is 0 Å². The van der Waals surface area contributed by atoms with E-state index in [9.17, 15) is 9.18 Å². The Balaban J connectivity index is 2.50. The van der Waals surface area contributed by atoms with Crippen LogP contribution in [0.1, 0.15) is 24.2 Å². The lowest BCUT2D eigenvalue weighted by Gasteiger charge is -2.22. The molecule has 1 aromatic heterocycles. The second-order valence-electron chi connectivity index (χ2n) is 4.84. The number of hydrogen-bond donors (Lipinski definition) is 1. The molecule has 0 aliphatic carbocycles. The number of carboxylic acid groups (broad SMARTS) is 1. The van der Waals surface area contributed by atoms with E-state index in [1.807, 2.05) is 13.8 Å². The van der Waals surface area contributed by atoms with Crippen LogP contribution in [0.15, 0.2) is 12.1 Å². The first-order valence-corrected chi connectivity index (χ1v) is 5.65. The molecule has 0 fully saturated rings. The van der Waals surface area contributed by atoms with Crippen molar-refractivity contribution in [2.75, 3.05) is 7.11 Å². The van der Waals surface area contributed by atoms with Gasteiger partial charge in [-0.15, -0.1) is 5.10 Å². The molecule has 0 unspecified atom stereocenters. The minimum Gasteiger partial charge on any atom is -0.478 e. The molecule has 0 saturated heterocycles. The molecule has 1 aromatic carbocycles. The smallest absolute Gasteiger partial charge is 0.338 e. The van der Waals surface area contributed by atoms with Crippen molar-refractivity contribution in [3.63, 3.8) is 0 Å². The second kappa shape index (κ2) is 4.58. The molecule has 0 aliphatic rings. The van der Waals surface area contributed by atoms with Crippen LogP contribution >= 0.6 is 0 Å². The largest absolute Gasteiger partial charge is 0.478 e. The molecule has 0 amide bonds. The number of halogens is 1. The topological polar surface area (TPSA) is 77.2 Å². The predicted octanol–water partition coefficient (Wildman–Crippen LogP) is 1.69. The van der Waals surface area contributed by atoms with Gasteiger partial charge in [-0.1, -0.05) is 5.21 Å². The van der Waals surface area contributed by atoms with Crippen LogP contribution in [-0.2, 0) is 11.3 Å². The summed E-state index contributed by atoms with van der Waals surface area (Å²) in [6.45, 7) is 4.11. The third-order valence-electron chi connectivity index (χ3n) is 2.92. The van der Waals surface area contributed by atoms with Gasteiger partial charge in [0.15, 0.2) is 0 Å². The summed E-state index contributed by atoms with van der Waals surface area (Å²) >= 11 is 0. The van der Waals surface area contributed by atoms with E-state index >= 15 is 0 Å². The number of carbonyl (C=O) groups is 1. The van der Waals surface area contributed by atoms with Gasteiger partial charge < -0.3 is 9.84 Å². The van der Waals surface area contributed by atoms with Crippen molar-refractivity contribution in [2.24, 2.45) is 0 Å². The summed E-state index contributed by atoms with van der Waals surface area (Å²) in [6, 6.07) is 2.31. The van der Waals surface area contributed by atoms with Gasteiger partial charge in [0.1, 0.15) is 11.3 Å². The maximum Gasteiger partial charge on any atom is 0.338 e. The number of fused-ring (bicyclic) bond motifs is 1. The summed E-state index contributed by atoms with van der Waals surface area (Å²) in [6.07, 6.45) is 0. The lowest BCUT2D eigenvalue weighted by atomic mass is 10.1. The normalized spacial score (nSPS) is 12.0. The first-order chi connectivity index (χ1) is 8.84. The standard InChI is InChI=1S/C12H14FN3O3/c1-12(2,19-3)6-16-10-5-8(13)7(11(17)18)4-9(10)14-15-16/h4-5H,6H2,1-3H3,(H,17,18). The third kappa shape index (κ3) is 2.55. The average Bonchev–Trinajstić information content (AvgIpc) is 2.70. The van der Waals surface area contributed by atoms with Crippen LogP contribution in [0, 0.1) is 5.82 Å². The van der Waals surface area contributed by atoms with Crippen LogP contribution in [0.3, 0.4) is 0 Å². The van der Waals surface area contributed by atoms with Gasteiger partial charge in [-0.25, -0.2) is 13.9 Å². The van der Waals surface area contributed by atoms with E-state index in [1.54, 1.807) is 7.11 Å². The molecule has 7 heteroatoms. The molecule has 0 saturated carbocycles. The first-order valence-electron chi connectivity index (χ1n) is 5.65. The number of aromatic carboxylic acids is 1. The molecule has 19 heavy (non-hydrogen) atoms. The summed E-state index contributed by atoms with van der Waals surface area (Å²) in [5.41, 5.74) is -0.119. The van der Waals surface area contributed by atoms with Crippen LogP contribution in [0.5, 0.6) is 0 Å². The highest BCUT2D eigenvalue weighted by atomic mass is 19.1. The van der Waals surface area contributed by atoms with Crippen molar-refractivity contribution in [1.29, 1.82) is 0 Å². The molecule has 2 aromatic rings. The Labute approximate surface area is 108 Å². The number of benzene rings is 1. The number of hydrogen-bond acceptors (Lipinski definition) is 4. The molecular weight excluding hydrogens is 253 g/mol. The van der Waals surface area contributed by atoms with Gasteiger partial charge in [-0.05, 0) is 19.9 Å². The zero-order chi connectivity index (χ0) is 14.2. The lowest BCUT2D eigenvalue weighted by molar-refractivity contribution is 0.00599. The number of rotatable bonds is 4. The molecule has 1 heterocycles. The number of methoxy groups -OCH3 is 1. The molecule has 0 atom stereocenters. The zero-order valence-corrected chi connectivity index (χ0v) is 10.8. The van der Waals surface area contributed by atoms with E-state index in [2.05, 4.69) is 10.3 Å². The quantitative estimate of drug-likeness (QED) is 0.912. The van der Waals surface area contributed by atoms with E-state index in [1.165, 1.54) is 10.7 Å². The van der Waals surface area contributed by atoms with Gasteiger partial charge in [0.25, 0.3) is 0 Å². The Kier molecular flexibility index (Phi) is 3.23. The Morgan fingerprint density at radius 2 is 2.21 bits per heavy atom. The predicted molar refractivity (Wildman–Crippen MR) is 65.5 cm³/mol. The van der Waals surface area contributed by atoms with Crippen molar-refractivity contribution >= 4 is 17.0 Å². The molecule has 0 bridgehead atoms. The van der Waals surface area contributed by atoms with Crippen molar-refractivity contribution in [3.8, 4) is 0 Å². The Hall–Kier alpha value is -2.02. The summed E-state index contributed by atoms with van der Waals surface area (Å²) in [4.78, 5) is 10.8. The van der Waals surface area contributed by atoms with Crippen LogP contribution in [-0.4, -0.2) is 38.8 Å². The highest BCUT2D eigenvalue weighted by Crippen LogP contribution is 2.20. The lowest BCUT2D eigenvalue weighted by Crippen LogP contribution is -2.29. The molecule has 1 N–H and O–H groups in total. The van der Waals surface area contributed by atoms with Crippen molar-refractivity contribution in [3.05, 3.63) is 23.5 Å². The number of nitrogens with zero attached hydrogens (tertiary/aromatic N) is 3. The van der Waals surface area contributed by atoms with Gasteiger partial charge in [-0.3, -0.25) is 0 Å². The Morgan fingerprint density at radius 1 is 1.53 bits per heavy atom. The van der Waals surface area contributed by atoms with Gasteiger partial charge in [0, 0.05) is 13.2 Å². The van der Waals surface area contributed by atoms with Gasteiger partial charge in [0.2, 0.25) is 0 Å². The maximum atomic E-state index is 13.7. The second-order valence-corrected chi connectivity index (χ2v) is 4.84. The average molecular weight is 267 g/mol. The third-order valence-corrected chi connectivity index (χ3v) is 2.92. The fourth-order valence-electron chi connectivity index (χ4n) is 1.69. The van der Waals surface area contributed by atoms with Gasteiger partial charge in [0.05, 0.1) is 23.2 Å². The minimum absolute atomic E-state index is 0.339. The minimum atomic E-state index is -1.33. The van der Waals surface area contributed by atoms with Gasteiger partial charge in [-0.2, -0.15) is 0 Å². The fraction of sp³-hybridized carbons (Fsp3) is 0.417. The molecule has 0 radical (unpaired) electrons. The maximum absolute atomic E-state index is 13.7. The monoisotopic (exact) mass is 267 g/mol. The zero-order valence-electron chi connectivity index (χ0n) is 10.8. The van der Waals surface area contributed by atoms with Crippen molar-refractivity contribution in [1.82, 2.24) is 15.0 Å². The molecule has 6 nitrogen and oxygen atoms in total. The molecule has 0 spiro atoms. The summed E-state index contributed by atoms with van der Waals surface area (Å²) in [5, 5.41) is 16.6. The van der Waals surface area contributed by atoms with Crippen molar-refractivity contribution in [2.45, 2.75) is 26.0 Å². The van der Waals surface area contributed by atoms with Crippen LogP contribution in [0.2, 0.25) is 0 Å². The highest BCUT2D eigenvalue weighted by Gasteiger charge is 2.21. The van der Waals surface area contributed by atoms with E-state index < -0.39 is 23.0 Å². The summed E-state index contributed by atoms with van der Waals surface area (Å²) in [5.74, 6) is -2.13. The molecule has 0 aliphatic heterocycles. The Bertz CT molecular complexity index is 636. The number of ether oxygens (including phenoxy) is 1. The van der Waals surface area contributed by atoms with Gasteiger partial charge >= 0.3 is 5.97 Å². The van der Waals surface area contributed by atoms with E-state index in [0.29, 0.717) is 17.6 Å². The number of aromatic nitrogens is 3. The molecular formula is C12H14FN3O3. The van der Waals surface area contributed by atoms with Crippen molar-refractivity contribution < 1.29 is 19.0 Å². The molecule has 2 rings (SSSR count).